The number of aromatic nitrogens is 2. The molecule has 8 heteroatoms. The first-order valence-electron chi connectivity index (χ1n) is 8.70. The van der Waals surface area contributed by atoms with Crippen molar-refractivity contribution in [1.29, 1.82) is 0 Å². The number of ketones is 1. The molecule has 0 atom stereocenters. The number of hydrogen-bond acceptors (Lipinski definition) is 4. The summed E-state index contributed by atoms with van der Waals surface area (Å²) >= 11 is 6.16. The molecule has 0 saturated carbocycles. The topological polar surface area (TPSA) is 61.2 Å². The van der Waals surface area contributed by atoms with Gasteiger partial charge in [0.2, 0.25) is 11.7 Å². The van der Waals surface area contributed by atoms with Crippen LogP contribution in [-0.4, -0.2) is 15.3 Å². The smallest absolute Gasteiger partial charge is 0.280 e. The summed E-state index contributed by atoms with van der Waals surface area (Å²) in [6.07, 6.45) is 5.17. The van der Waals surface area contributed by atoms with Gasteiger partial charge in [0.25, 0.3) is 5.56 Å². The molecule has 3 rings (SSSR count). The van der Waals surface area contributed by atoms with Gasteiger partial charge in [-0.15, -0.1) is 6.42 Å². The summed E-state index contributed by atoms with van der Waals surface area (Å²) in [5.41, 5.74) is 0.769. The fraction of sp³-hybridized carbons (Fsp3) is 0.136. The lowest BCUT2D eigenvalue weighted by atomic mass is 10.1. The second kappa shape index (κ2) is 8.47. The molecule has 0 N–H and O–H groups in total. The van der Waals surface area contributed by atoms with Crippen molar-refractivity contribution in [2.45, 2.75) is 20.5 Å². The van der Waals surface area contributed by atoms with Crippen LogP contribution < -0.4 is 10.3 Å². The van der Waals surface area contributed by atoms with Crippen LogP contribution in [-0.2, 0) is 6.61 Å². The van der Waals surface area contributed by atoms with Gasteiger partial charge in [0.15, 0.2) is 5.02 Å². The van der Waals surface area contributed by atoms with E-state index in [1.165, 1.54) is 16.7 Å². The highest BCUT2D eigenvalue weighted by Gasteiger charge is 2.18. The zero-order chi connectivity index (χ0) is 22.0. The normalized spacial score (nSPS) is 10.5. The van der Waals surface area contributed by atoms with Gasteiger partial charge in [-0.05, 0) is 49.6 Å². The molecule has 0 bridgehead atoms. The monoisotopic (exact) mass is 428 g/mol. The number of ether oxygens (including phenoxy) is 1. The van der Waals surface area contributed by atoms with Gasteiger partial charge in [0.1, 0.15) is 24.1 Å². The third-order valence-electron chi connectivity index (χ3n) is 4.39. The van der Waals surface area contributed by atoms with Crippen LogP contribution in [0.1, 0.15) is 27.3 Å². The van der Waals surface area contributed by atoms with Crippen LogP contribution in [0.25, 0.3) is 5.69 Å². The van der Waals surface area contributed by atoms with E-state index < -0.39 is 23.0 Å². The Hall–Kier alpha value is -3.50. The van der Waals surface area contributed by atoms with Crippen molar-refractivity contribution in [2.24, 2.45) is 0 Å². The molecular weight excluding hydrogens is 414 g/mol. The van der Waals surface area contributed by atoms with Gasteiger partial charge in [-0.2, -0.15) is 4.98 Å². The van der Waals surface area contributed by atoms with E-state index in [4.69, 9.17) is 22.8 Å². The van der Waals surface area contributed by atoms with Gasteiger partial charge in [-0.25, -0.2) is 8.78 Å². The Morgan fingerprint density at radius 1 is 1.23 bits per heavy atom. The summed E-state index contributed by atoms with van der Waals surface area (Å²) in [4.78, 5) is 28.9. The van der Waals surface area contributed by atoms with Crippen molar-refractivity contribution in [3.05, 3.63) is 85.9 Å². The van der Waals surface area contributed by atoms with Crippen molar-refractivity contribution in [2.75, 3.05) is 0 Å². The van der Waals surface area contributed by atoms with E-state index in [1.54, 1.807) is 26.0 Å². The van der Waals surface area contributed by atoms with E-state index in [0.717, 1.165) is 12.1 Å². The molecule has 1 heterocycles. The molecule has 0 amide bonds. The van der Waals surface area contributed by atoms with Crippen molar-refractivity contribution in [3.63, 3.8) is 0 Å². The molecule has 0 aliphatic rings. The maximum Gasteiger partial charge on any atom is 0.280 e. The first kappa shape index (κ1) is 21.2. The minimum Gasteiger partial charge on any atom is -0.471 e. The molecule has 1 aromatic heterocycles. The second-order valence-corrected chi connectivity index (χ2v) is 6.80. The van der Waals surface area contributed by atoms with Crippen LogP contribution in [0.5, 0.6) is 5.88 Å². The molecule has 30 heavy (non-hydrogen) atoms. The molecule has 0 saturated heterocycles. The van der Waals surface area contributed by atoms with E-state index in [0.29, 0.717) is 11.3 Å². The highest BCUT2D eigenvalue weighted by molar-refractivity contribution is 6.31. The Morgan fingerprint density at radius 3 is 2.63 bits per heavy atom. The van der Waals surface area contributed by atoms with E-state index in [2.05, 4.69) is 4.98 Å². The predicted octanol–water partition coefficient (Wildman–Crippen LogP) is 4.18. The maximum absolute atomic E-state index is 13.8. The molecule has 0 unspecified atom stereocenters. The number of nitrogens with zero attached hydrogens (tertiary/aromatic N) is 2. The lowest BCUT2D eigenvalue weighted by Gasteiger charge is -2.15. The summed E-state index contributed by atoms with van der Waals surface area (Å²) in [5.74, 6) is 0.0374. The second-order valence-electron chi connectivity index (χ2n) is 6.42. The van der Waals surface area contributed by atoms with Crippen molar-refractivity contribution in [1.82, 2.24) is 9.55 Å². The van der Waals surface area contributed by atoms with Crippen LogP contribution in [0.4, 0.5) is 8.78 Å². The summed E-state index contributed by atoms with van der Waals surface area (Å²) in [7, 11) is 0. The molecule has 2 aromatic carbocycles. The standard InChI is InChI=1S/C22H15ClF2N2O3/c1-4-19(28)14-6-5-12(2)18(9-14)27-13(3)26-21(20(23)22(27)29)30-11-15-7-8-16(24)10-17(15)25/h1,5-10H,11H2,2-3H3. The van der Waals surface area contributed by atoms with E-state index in [9.17, 15) is 18.4 Å². The zero-order valence-electron chi connectivity index (χ0n) is 16.0. The minimum absolute atomic E-state index is 0.0763. The number of rotatable bonds is 5. The highest BCUT2D eigenvalue weighted by Crippen LogP contribution is 2.23. The molecule has 0 aliphatic heterocycles. The molecule has 0 spiro atoms. The highest BCUT2D eigenvalue weighted by atomic mass is 35.5. The molecule has 0 radical (unpaired) electrons. The number of terminal acetylenes is 1. The van der Waals surface area contributed by atoms with Crippen LogP contribution >= 0.6 is 11.6 Å². The number of halogens is 3. The molecule has 0 aliphatic carbocycles. The van der Waals surface area contributed by atoms with Crippen LogP contribution in [0.15, 0.2) is 41.2 Å². The number of carbonyl (C=O) groups is 1. The van der Waals surface area contributed by atoms with Crippen molar-refractivity contribution < 1.29 is 18.3 Å². The lowest BCUT2D eigenvalue weighted by molar-refractivity contribution is 0.105. The fourth-order valence-corrected chi connectivity index (χ4v) is 3.00. The zero-order valence-corrected chi connectivity index (χ0v) is 16.8. The number of benzene rings is 2. The Morgan fingerprint density at radius 2 is 1.97 bits per heavy atom. The molecular formula is C22H15ClF2N2O3. The van der Waals surface area contributed by atoms with Crippen LogP contribution in [0.3, 0.4) is 0 Å². The summed E-state index contributed by atoms with van der Waals surface area (Å²) in [6.45, 7) is 3.01. The van der Waals surface area contributed by atoms with E-state index >= 15 is 0 Å². The lowest BCUT2D eigenvalue weighted by Crippen LogP contribution is -2.24. The van der Waals surface area contributed by atoms with Gasteiger partial charge in [0.05, 0.1) is 5.69 Å². The predicted molar refractivity (Wildman–Crippen MR) is 108 cm³/mol. The first-order valence-corrected chi connectivity index (χ1v) is 9.08. The molecule has 5 nitrogen and oxygen atoms in total. The average Bonchev–Trinajstić information content (AvgIpc) is 2.71. The first-order chi connectivity index (χ1) is 14.2. The molecule has 152 valence electrons. The van der Waals surface area contributed by atoms with Crippen molar-refractivity contribution in [3.8, 4) is 23.9 Å². The summed E-state index contributed by atoms with van der Waals surface area (Å²) in [5, 5.41) is -0.323. The Bertz CT molecular complexity index is 1260. The van der Waals surface area contributed by atoms with E-state index in [1.807, 2.05) is 5.92 Å². The SMILES string of the molecule is C#CC(=O)c1ccc(C)c(-n2c(C)nc(OCc3ccc(F)cc3F)c(Cl)c2=O)c1. The van der Waals surface area contributed by atoms with Gasteiger partial charge in [0, 0.05) is 17.2 Å². The van der Waals surface area contributed by atoms with Gasteiger partial charge < -0.3 is 4.74 Å². The average molecular weight is 429 g/mol. The van der Waals surface area contributed by atoms with Crippen LogP contribution in [0.2, 0.25) is 5.02 Å². The summed E-state index contributed by atoms with van der Waals surface area (Å²) in [6, 6.07) is 7.74. The Balaban J connectivity index is 2.01. The van der Waals surface area contributed by atoms with Gasteiger partial charge >= 0.3 is 0 Å². The Kier molecular flexibility index (Phi) is 5.99. The van der Waals surface area contributed by atoms with Gasteiger partial charge in [-0.3, -0.25) is 14.2 Å². The van der Waals surface area contributed by atoms with Crippen LogP contribution in [0, 0.1) is 37.8 Å². The van der Waals surface area contributed by atoms with E-state index in [-0.39, 0.29) is 34.5 Å². The quantitative estimate of drug-likeness (QED) is 0.347. The molecule has 3 aromatic rings. The minimum atomic E-state index is -0.790. The number of carbonyl (C=O) groups excluding carboxylic acids is 1. The third kappa shape index (κ3) is 4.09. The maximum atomic E-state index is 13.8. The summed E-state index contributed by atoms with van der Waals surface area (Å²) < 4.78 is 33.5. The largest absolute Gasteiger partial charge is 0.471 e. The molecule has 0 fully saturated rings. The third-order valence-corrected chi connectivity index (χ3v) is 4.71. The number of aryl methyl sites for hydroxylation is 2. The number of hydrogen-bond donors (Lipinski definition) is 0. The number of Topliss-reactive ketones (excluding diaryl/α,β-unsaturated/α-hetero) is 1. The van der Waals surface area contributed by atoms with Crippen molar-refractivity contribution >= 4 is 17.4 Å². The Labute approximate surface area is 175 Å². The fourth-order valence-electron chi connectivity index (χ4n) is 2.82. The van der Waals surface area contributed by atoms with Gasteiger partial charge in [-0.1, -0.05) is 17.7 Å².